The second-order valence-corrected chi connectivity index (χ2v) is 1.38. The zero-order chi connectivity index (χ0) is 5.28. The average Bonchev–Trinajstić information content (AvgIpc) is 1.91. The zero-order valence-corrected chi connectivity index (χ0v) is 6.46. The molecule has 8 heavy (non-hydrogen) atoms. The lowest BCUT2D eigenvalue weighted by atomic mass is 10.7. The standard InChI is InChI=1S/C3H7N4.BrH/c1-3-4-5-6-7(3)2;/h5H,1-2H3;1H. The summed E-state index contributed by atoms with van der Waals surface area (Å²) >= 11 is 0. The van der Waals surface area contributed by atoms with Gasteiger partial charge in [0.15, 0.2) is 0 Å². The van der Waals surface area contributed by atoms with E-state index in [2.05, 4.69) is 16.2 Å². The molecule has 0 saturated heterocycles. The third-order valence-electron chi connectivity index (χ3n) is 0.875. The minimum atomic E-state index is 0. The van der Waals surface area contributed by atoms with E-state index < -0.39 is 0 Å². The Hall–Kier alpha value is -0.290. The topological polar surface area (TPSA) is 41.7 Å². The van der Waals surface area contributed by atoms with Crippen LogP contribution in [0.15, 0.2) is 5.10 Å². The van der Waals surface area contributed by atoms with E-state index in [1.54, 1.807) is 5.01 Å². The van der Waals surface area contributed by atoms with Gasteiger partial charge in [-0.2, -0.15) is 0 Å². The maximum atomic E-state index is 3.74. The molecule has 1 aliphatic heterocycles. The van der Waals surface area contributed by atoms with Gasteiger partial charge in [-0.15, -0.1) is 22.1 Å². The van der Waals surface area contributed by atoms with E-state index >= 15 is 0 Å². The molecule has 47 valence electrons. The molecule has 1 N–H and O–H groups in total. The molecule has 0 aliphatic carbocycles. The van der Waals surface area contributed by atoms with E-state index in [0.717, 1.165) is 5.84 Å². The molecule has 1 radical (unpaired) electrons. The fourth-order valence-corrected chi connectivity index (χ4v) is 0.307. The van der Waals surface area contributed by atoms with Crippen LogP contribution in [-0.4, -0.2) is 17.9 Å². The number of hydrazone groups is 1. The van der Waals surface area contributed by atoms with Gasteiger partial charge in [-0.3, -0.25) is 5.01 Å². The fraction of sp³-hybridized carbons (Fsp3) is 0.667. The minimum absolute atomic E-state index is 0. The van der Waals surface area contributed by atoms with Crippen LogP contribution in [0.3, 0.4) is 0 Å². The molecule has 0 aromatic rings. The van der Waals surface area contributed by atoms with Gasteiger partial charge < -0.3 is 0 Å². The summed E-state index contributed by atoms with van der Waals surface area (Å²) in [4.78, 5) is 0. The lowest BCUT2D eigenvalue weighted by Gasteiger charge is -2.02. The summed E-state index contributed by atoms with van der Waals surface area (Å²) in [6.45, 7) is 1.88. The van der Waals surface area contributed by atoms with Gasteiger partial charge >= 0.3 is 0 Å². The van der Waals surface area contributed by atoms with Crippen molar-refractivity contribution in [1.29, 1.82) is 0 Å². The van der Waals surface area contributed by atoms with Crippen molar-refractivity contribution in [1.82, 2.24) is 16.1 Å². The van der Waals surface area contributed by atoms with Gasteiger partial charge in [0.25, 0.3) is 0 Å². The molecule has 0 saturated carbocycles. The zero-order valence-electron chi connectivity index (χ0n) is 4.75. The summed E-state index contributed by atoms with van der Waals surface area (Å²) in [6.07, 6.45) is 0. The molecule has 0 unspecified atom stereocenters. The monoisotopic (exact) mass is 179 g/mol. The van der Waals surface area contributed by atoms with Crippen LogP contribution in [0.1, 0.15) is 6.92 Å². The molecule has 0 aromatic heterocycles. The third-order valence-corrected chi connectivity index (χ3v) is 0.875. The summed E-state index contributed by atoms with van der Waals surface area (Å²) in [7, 11) is 1.83. The summed E-state index contributed by atoms with van der Waals surface area (Å²) in [5, 5.41) is 5.41. The molecule has 0 fully saturated rings. The highest BCUT2D eigenvalue weighted by Gasteiger charge is 2.05. The Morgan fingerprint density at radius 1 is 1.62 bits per heavy atom. The molecule has 0 aromatic carbocycles. The van der Waals surface area contributed by atoms with Crippen molar-refractivity contribution in [2.75, 3.05) is 7.05 Å². The van der Waals surface area contributed by atoms with Gasteiger partial charge in [0, 0.05) is 7.05 Å². The first-order valence-corrected chi connectivity index (χ1v) is 2.04. The predicted molar refractivity (Wildman–Crippen MR) is 36.5 cm³/mol. The highest BCUT2D eigenvalue weighted by molar-refractivity contribution is 8.93. The Labute approximate surface area is 58.6 Å². The lowest BCUT2D eigenvalue weighted by Crippen LogP contribution is -2.29. The van der Waals surface area contributed by atoms with Crippen molar-refractivity contribution < 1.29 is 0 Å². The number of amidine groups is 1. The molecule has 1 rings (SSSR count). The largest absolute Gasteiger partial charge is 0.258 e. The van der Waals surface area contributed by atoms with Crippen LogP contribution in [-0.2, 0) is 0 Å². The first-order chi connectivity index (χ1) is 3.30. The highest BCUT2D eigenvalue weighted by Crippen LogP contribution is 1.85. The molecule has 0 bridgehead atoms. The normalized spacial score (nSPS) is 16.8. The van der Waals surface area contributed by atoms with E-state index in [0.29, 0.717) is 0 Å². The molecule has 0 spiro atoms. The smallest absolute Gasteiger partial charge is 0.140 e. The highest BCUT2D eigenvalue weighted by atomic mass is 79.9. The Kier molecular flexibility index (Phi) is 2.78. The lowest BCUT2D eigenvalue weighted by molar-refractivity contribution is 0.335. The summed E-state index contributed by atoms with van der Waals surface area (Å²) < 4.78 is 0. The van der Waals surface area contributed by atoms with Gasteiger partial charge in [0.2, 0.25) is 0 Å². The van der Waals surface area contributed by atoms with Gasteiger partial charge in [-0.1, -0.05) is 0 Å². The van der Waals surface area contributed by atoms with Crippen LogP contribution < -0.4 is 11.1 Å². The van der Waals surface area contributed by atoms with Gasteiger partial charge in [0.05, 0.1) is 0 Å². The van der Waals surface area contributed by atoms with E-state index in [1.807, 2.05) is 14.0 Å². The van der Waals surface area contributed by atoms with Crippen molar-refractivity contribution in [2.24, 2.45) is 5.10 Å². The number of rotatable bonds is 0. The molecule has 4 nitrogen and oxygen atoms in total. The minimum Gasteiger partial charge on any atom is -0.258 e. The van der Waals surface area contributed by atoms with Crippen LogP contribution in [0.5, 0.6) is 0 Å². The van der Waals surface area contributed by atoms with Gasteiger partial charge in [-0.25, -0.2) is 5.53 Å². The van der Waals surface area contributed by atoms with E-state index in [4.69, 9.17) is 0 Å². The third kappa shape index (κ3) is 1.34. The quantitative estimate of drug-likeness (QED) is 0.564. The molecular weight excluding hydrogens is 172 g/mol. The first kappa shape index (κ1) is 7.71. The molecule has 0 atom stereocenters. The number of hydrogen-bond acceptors (Lipinski definition) is 3. The Balaban J connectivity index is 0.000000490. The first-order valence-electron chi connectivity index (χ1n) is 2.04. The molecule has 0 amide bonds. The number of nitrogens with one attached hydrogen (secondary N) is 1. The Morgan fingerprint density at radius 3 is 2.38 bits per heavy atom. The molecule has 5 heteroatoms. The summed E-state index contributed by atoms with van der Waals surface area (Å²) in [5.41, 5.74) is 6.16. The van der Waals surface area contributed by atoms with Crippen molar-refractivity contribution in [3.8, 4) is 0 Å². The molecule has 1 heterocycles. The average molecular weight is 180 g/mol. The summed E-state index contributed by atoms with van der Waals surface area (Å²) in [5.74, 6) is 0.889. The maximum Gasteiger partial charge on any atom is 0.140 e. The van der Waals surface area contributed by atoms with Crippen molar-refractivity contribution >= 4 is 22.8 Å². The van der Waals surface area contributed by atoms with Gasteiger partial charge in [-0.05, 0) is 12.5 Å². The van der Waals surface area contributed by atoms with Crippen LogP contribution in [0.2, 0.25) is 0 Å². The van der Waals surface area contributed by atoms with Crippen molar-refractivity contribution in [3.63, 3.8) is 0 Å². The number of nitrogens with zero attached hydrogens (tertiary/aromatic N) is 3. The van der Waals surface area contributed by atoms with Crippen LogP contribution in [0.25, 0.3) is 0 Å². The Morgan fingerprint density at radius 2 is 2.25 bits per heavy atom. The molecule has 1 aliphatic rings. The predicted octanol–water partition coefficient (Wildman–Crippen LogP) is -0.133. The number of halogens is 1. The van der Waals surface area contributed by atoms with Gasteiger partial charge in [0.1, 0.15) is 5.84 Å². The van der Waals surface area contributed by atoms with Crippen molar-refractivity contribution in [3.05, 3.63) is 0 Å². The second kappa shape index (κ2) is 2.88. The second-order valence-electron chi connectivity index (χ2n) is 1.38. The SMILES string of the molecule is Br.CC1=NN[N]N1C. The van der Waals surface area contributed by atoms with Crippen LogP contribution in [0, 0.1) is 0 Å². The fourth-order valence-electron chi connectivity index (χ4n) is 0.307. The van der Waals surface area contributed by atoms with Crippen LogP contribution >= 0.6 is 17.0 Å². The van der Waals surface area contributed by atoms with Crippen molar-refractivity contribution in [2.45, 2.75) is 6.92 Å². The van der Waals surface area contributed by atoms with Crippen LogP contribution in [0.4, 0.5) is 0 Å². The maximum absolute atomic E-state index is 3.74. The Bertz CT molecular complexity index is 101. The van der Waals surface area contributed by atoms with E-state index in [-0.39, 0.29) is 17.0 Å². The van der Waals surface area contributed by atoms with E-state index in [9.17, 15) is 0 Å². The number of hydrogen-bond donors (Lipinski definition) is 1. The summed E-state index contributed by atoms with van der Waals surface area (Å²) in [6, 6.07) is 0. The van der Waals surface area contributed by atoms with E-state index in [1.165, 1.54) is 0 Å². The molecular formula is C3H8BrN4.